The first kappa shape index (κ1) is 15.9. The van der Waals surface area contributed by atoms with Gasteiger partial charge in [0.25, 0.3) is 0 Å². The topological polar surface area (TPSA) is 95.1 Å². The van der Waals surface area contributed by atoms with Gasteiger partial charge in [0.05, 0.1) is 5.60 Å². The molecule has 0 spiro atoms. The van der Waals surface area contributed by atoms with Gasteiger partial charge in [-0.05, 0) is 31.4 Å². The molecular formula is C14H21N3O3S. The van der Waals surface area contributed by atoms with Crippen molar-refractivity contribution >= 4 is 21.1 Å². The molecule has 0 aliphatic carbocycles. The van der Waals surface area contributed by atoms with E-state index in [0.717, 1.165) is 0 Å². The second-order valence-electron chi connectivity index (χ2n) is 5.97. The van der Waals surface area contributed by atoms with Crippen molar-refractivity contribution in [3.05, 3.63) is 24.5 Å². The maximum absolute atomic E-state index is 12.4. The standard InChI is InChI=1S/C14H21N3O3S/c1-10(2)7-14(3,18)9-17-21(19,20)12-8-16-13-11(12)5-4-6-15-13/h4-6,8,10,17-18H,7,9H2,1-3H3,(H,15,16). The molecule has 6 nitrogen and oxygen atoms in total. The van der Waals surface area contributed by atoms with Gasteiger partial charge in [-0.15, -0.1) is 0 Å². The molecule has 0 fully saturated rings. The van der Waals surface area contributed by atoms with Crippen LogP contribution in [0.2, 0.25) is 0 Å². The van der Waals surface area contributed by atoms with Crippen molar-refractivity contribution in [1.82, 2.24) is 14.7 Å². The molecule has 21 heavy (non-hydrogen) atoms. The van der Waals surface area contributed by atoms with Crippen molar-refractivity contribution in [3.8, 4) is 0 Å². The second-order valence-corrected chi connectivity index (χ2v) is 7.71. The zero-order chi connectivity index (χ0) is 15.7. The number of aromatic amines is 1. The van der Waals surface area contributed by atoms with Crippen molar-refractivity contribution in [2.45, 2.75) is 37.7 Å². The first-order valence-electron chi connectivity index (χ1n) is 6.85. The van der Waals surface area contributed by atoms with Crippen LogP contribution < -0.4 is 4.72 Å². The van der Waals surface area contributed by atoms with Gasteiger partial charge in [-0.1, -0.05) is 13.8 Å². The Morgan fingerprint density at radius 2 is 2.19 bits per heavy atom. The van der Waals surface area contributed by atoms with Gasteiger partial charge in [0.2, 0.25) is 10.0 Å². The minimum absolute atomic E-state index is 0.0273. The number of fused-ring (bicyclic) bond motifs is 1. The summed E-state index contributed by atoms with van der Waals surface area (Å²) in [4.78, 5) is 7.04. The van der Waals surface area contributed by atoms with Crippen LogP contribution in [0, 0.1) is 5.92 Å². The minimum atomic E-state index is -3.69. The molecule has 0 saturated heterocycles. The van der Waals surface area contributed by atoms with Gasteiger partial charge in [-0.3, -0.25) is 0 Å². The summed E-state index contributed by atoms with van der Waals surface area (Å²) in [5.74, 6) is 0.279. The zero-order valence-corrected chi connectivity index (χ0v) is 13.2. The smallest absolute Gasteiger partial charge is 0.242 e. The molecule has 3 N–H and O–H groups in total. The third-order valence-corrected chi connectivity index (χ3v) is 4.63. The number of pyridine rings is 1. The number of sulfonamides is 1. The first-order valence-corrected chi connectivity index (χ1v) is 8.34. The van der Waals surface area contributed by atoms with Crippen molar-refractivity contribution in [2.75, 3.05) is 6.54 Å². The molecule has 116 valence electrons. The summed E-state index contributed by atoms with van der Waals surface area (Å²) >= 11 is 0. The van der Waals surface area contributed by atoms with Gasteiger partial charge >= 0.3 is 0 Å². The van der Waals surface area contributed by atoms with Gasteiger partial charge in [0.15, 0.2) is 0 Å². The van der Waals surface area contributed by atoms with Crippen LogP contribution in [0.15, 0.2) is 29.4 Å². The summed E-state index contributed by atoms with van der Waals surface area (Å²) in [6, 6.07) is 3.38. The Morgan fingerprint density at radius 3 is 2.86 bits per heavy atom. The summed E-state index contributed by atoms with van der Waals surface area (Å²) in [5.41, 5.74) is -0.558. The highest BCUT2D eigenvalue weighted by atomic mass is 32.2. The molecule has 0 aliphatic heterocycles. The molecule has 0 saturated carbocycles. The van der Waals surface area contributed by atoms with Crippen LogP contribution >= 0.6 is 0 Å². The van der Waals surface area contributed by atoms with E-state index < -0.39 is 15.6 Å². The highest BCUT2D eigenvalue weighted by molar-refractivity contribution is 7.89. The van der Waals surface area contributed by atoms with E-state index in [2.05, 4.69) is 14.7 Å². The highest BCUT2D eigenvalue weighted by Crippen LogP contribution is 2.21. The van der Waals surface area contributed by atoms with Crippen LogP contribution in [0.25, 0.3) is 11.0 Å². The fourth-order valence-electron chi connectivity index (χ4n) is 2.43. The van der Waals surface area contributed by atoms with E-state index in [4.69, 9.17) is 0 Å². The Balaban J connectivity index is 2.19. The molecule has 0 amide bonds. The van der Waals surface area contributed by atoms with Gasteiger partial charge in [-0.25, -0.2) is 18.1 Å². The lowest BCUT2D eigenvalue weighted by Gasteiger charge is -2.25. The number of nitrogens with zero attached hydrogens (tertiary/aromatic N) is 1. The predicted molar refractivity (Wildman–Crippen MR) is 81.4 cm³/mol. The zero-order valence-electron chi connectivity index (χ0n) is 12.4. The Morgan fingerprint density at radius 1 is 1.48 bits per heavy atom. The fourth-order valence-corrected chi connectivity index (χ4v) is 3.76. The number of aromatic nitrogens is 2. The molecule has 0 aromatic carbocycles. The van der Waals surface area contributed by atoms with Gasteiger partial charge in [-0.2, -0.15) is 0 Å². The van der Waals surface area contributed by atoms with E-state index >= 15 is 0 Å². The van der Waals surface area contributed by atoms with E-state index in [1.807, 2.05) is 13.8 Å². The Labute approximate surface area is 124 Å². The Hall–Kier alpha value is -1.44. The third-order valence-electron chi connectivity index (χ3n) is 3.19. The molecule has 2 aromatic heterocycles. The Bertz CT molecular complexity index is 720. The molecule has 1 atom stereocenters. The van der Waals surface area contributed by atoms with E-state index in [-0.39, 0.29) is 17.4 Å². The second kappa shape index (κ2) is 5.75. The molecule has 0 radical (unpaired) electrons. The highest BCUT2D eigenvalue weighted by Gasteiger charge is 2.26. The Kier molecular flexibility index (Phi) is 4.36. The number of aliphatic hydroxyl groups is 1. The molecule has 1 unspecified atom stereocenters. The summed E-state index contributed by atoms with van der Waals surface area (Å²) < 4.78 is 27.2. The number of hydrogen-bond donors (Lipinski definition) is 3. The normalized spacial score (nSPS) is 15.5. The van der Waals surface area contributed by atoms with Crippen LogP contribution in [0.4, 0.5) is 0 Å². The molecule has 2 aromatic rings. The lowest BCUT2D eigenvalue weighted by Crippen LogP contribution is -2.41. The van der Waals surface area contributed by atoms with Gasteiger partial charge in [0, 0.05) is 24.3 Å². The molecule has 7 heteroatoms. The number of rotatable bonds is 6. The maximum atomic E-state index is 12.4. The lowest BCUT2D eigenvalue weighted by molar-refractivity contribution is 0.0437. The minimum Gasteiger partial charge on any atom is -0.389 e. The average Bonchev–Trinajstić information content (AvgIpc) is 2.80. The summed E-state index contributed by atoms with van der Waals surface area (Å²) in [6.07, 6.45) is 3.53. The summed E-state index contributed by atoms with van der Waals surface area (Å²) in [6.45, 7) is 5.56. The van der Waals surface area contributed by atoms with Gasteiger partial charge < -0.3 is 10.1 Å². The first-order chi connectivity index (χ1) is 9.71. The van der Waals surface area contributed by atoms with Crippen LogP contribution in [-0.4, -0.2) is 35.6 Å². The summed E-state index contributed by atoms with van der Waals surface area (Å²) in [7, 11) is -3.69. The monoisotopic (exact) mass is 311 g/mol. The predicted octanol–water partition coefficient (Wildman–Crippen LogP) is 1.64. The number of hydrogen-bond acceptors (Lipinski definition) is 4. The van der Waals surface area contributed by atoms with Crippen molar-refractivity contribution < 1.29 is 13.5 Å². The van der Waals surface area contributed by atoms with Crippen LogP contribution in [0.3, 0.4) is 0 Å². The quantitative estimate of drug-likeness (QED) is 0.755. The SMILES string of the molecule is CC(C)CC(C)(O)CNS(=O)(=O)c1c[nH]c2ncccc12. The molecule has 0 aliphatic rings. The number of H-pyrrole nitrogens is 1. The van der Waals surface area contributed by atoms with Crippen molar-refractivity contribution in [3.63, 3.8) is 0 Å². The fraction of sp³-hybridized carbons (Fsp3) is 0.500. The molecular weight excluding hydrogens is 290 g/mol. The maximum Gasteiger partial charge on any atom is 0.242 e. The van der Waals surface area contributed by atoms with Crippen LogP contribution in [0.1, 0.15) is 27.2 Å². The number of nitrogens with one attached hydrogen (secondary N) is 2. The van der Waals surface area contributed by atoms with E-state index in [9.17, 15) is 13.5 Å². The average molecular weight is 311 g/mol. The van der Waals surface area contributed by atoms with E-state index in [0.29, 0.717) is 17.5 Å². The van der Waals surface area contributed by atoms with Crippen LogP contribution in [0.5, 0.6) is 0 Å². The molecule has 0 bridgehead atoms. The van der Waals surface area contributed by atoms with E-state index in [1.54, 1.807) is 25.3 Å². The van der Waals surface area contributed by atoms with E-state index in [1.165, 1.54) is 6.20 Å². The molecule has 2 rings (SSSR count). The van der Waals surface area contributed by atoms with Crippen LogP contribution in [-0.2, 0) is 10.0 Å². The summed E-state index contributed by atoms with van der Waals surface area (Å²) in [5, 5.41) is 10.7. The largest absolute Gasteiger partial charge is 0.389 e. The third kappa shape index (κ3) is 3.81. The van der Waals surface area contributed by atoms with Crippen molar-refractivity contribution in [2.24, 2.45) is 5.92 Å². The van der Waals surface area contributed by atoms with Gasteiger partial charge in [0.1, 0.15) is 10.5 Å². The molecule has 2 heterocycles. The van der Waals surface area contributed by atoms with Crippen molar-refractivity contribution in [1.29, 1.82) is 0 Å². The lowest BCUT2D eigenvalue weighted by atomic mass is 9.95.